The summed E-state index contributed by atoms with van der Waals surface area (Å²) in [4.78, 5) is 16.0. The quantitative estimate of drug-likeness (QED) is 0.737. The van der Waals surface area contributed by atoms with Crippen molar-refractivity contribution in [1.29, 1.82) is 0 Å². The Kier molecular flexibility index (Phi) is 6.23. The van der Waals surface area contributed by atoms with Gasteiger partial charge in [0.15, 0.2) is 0 Å². The van der Waals surface area contributed by atoms with Crippen LogP contribution in [0.5, 0.6) is 0 Å². The summed E-state index contributed by atoms with van der Waals surface area (Å²) < 4.78 is 0. The van der Waals surface area contributed by atoms with Crippen molar-refractivity contribution >= 4 is 17.5 Å². The average Bonchev–Trinajstić information content (AvgIpc) is 2.31. The lowest BCUT2D eigenvalue weighted by molar-refractivity contribution is -0.119. The van der Waals surface area contributed by atoms with Crippen LogP contribution in [0.25, 0.3) is 0 Å². The fourth-order valence-electron chi connectivity index (χ4n) is 2.21. The summed E-state index contributed by atoms with van der Waals surface area (Å²) in [6.45, 7) is 9.48. The highest BCUT2D eigenvalue weighted by Gasteiger charge is 2.25. The maximum absolute atomic E-state index is 11.2. The first-order valence-electron chi connectivity index (χ1n) is 6.30. The maximum atomic E-state index is 11.2. The summed E-state index contributed by atoms with van der Waals surface area (Å²) in [5.74, 6) is 0.508. The minimum atomic E-state index is -0.0774. The molecule has 4 nitrogen and oxygen atoms in total. The number of piperazine rings is 1. The highest BCUT2D eigenvalue weighted by Crippen LogP contribution is 2.12. The third-order valence-corrected chi connectivity index (χ3v) is 3.65. The monoisotopic (exact) mass is 261 g/mol. The van der Waals surface area contributed by atoms with Gasteiger partial charge < -0.3 is 10.2 Å². The summed E-state index contributed by atoms with van der Waals surface area (Å²) in [6, 6.07) is 0.413. The summed E-state index contributed by atoms with van der Waals surface area (Å²) in [5, 5.41) is 2.90. The molecule has 1 aliphatic rings. The molecule has 0 radical (unpaired) electrons. The lowest BCUT2D eigenvalue weighted by Gasteiger charge is -2.39. The Hall–Kier alpha value is -0.320. The average molecular weight is 262 g/mol. The molecule has 0 bridgehead atoms. The van der Waals surface area contributed by atoms with E-state index in [0.717, 1.165) is 26.2 Å². The van der Waals surface area contributed by atoms with Crippen LogP contribution in [0.1, 0.15) is 13.8 Å². The zero-order chi connectivity index (χ0) is 12.8. The second kappa shape index (κ2) is 7.19. The Morgan fingerprint density at radius 1 is 1.29 bits per heavy atom. The predicted molar refractivity (Wildman–Crippen MR) is 71.4 cm³/mol. The van der Waals surface area contributed by atoms with Gasteiger partial charge in [-0.2, -0.15) is 0 Å². The number of rotatable bonds is 5. The number of likely N-dealkylation sites (N-methyl/N-ethyl adjacent to an activating group) is 1. The molecule has 1 amide bonds. The van der Waals surface area contributed by atoms with Crippen molar-refractivity contribution in [3.8, 4) is 0 Å². The first-order chi connectivity index (χ1) is 8.04. The van der Waals surface area contributed by atoms with Crippen LogP contribution in [0.4, 0.5) is 0 Å². The molecule has 0 aromatic heterocycles. The zero-order valence-corrected chi connectivity index (χ0v) is 11.8. The number of hydrogen-bond acceptors (Lipinski definition) is 3. The molecule has 5 heteroatoms. The molecule has 1 aliphatic heterocycles. The molecule has 0 aromatic rings. The Bertz CT molecular complexity index is 240. The molecule has 0 aromatic carbocycles. The van der Waals surface area contributed by atoms with Crippen LogP contribution >= 0.6 is 11.6 Å². The molecule has 0 aliphatic carbocycles. The molecule has 1 saturated heterocycles. The minimum Gasteiger partial charge on any atom is -0.353 e. The molecule has 1 N–H and O–H groups in total. The van der Waals surface area contributed by atoms with Gasteiger partial charge >= 0.3 is 0 Å². The number of amides is 1. The molecule has 0 saturated carbocycles. The van der Waals surface area contributed by atoms with Gasteiger partial charge in [-0.15, -0.1) is 11.6 Å². The summed E-state index contributed by atoms with van der Waals surface area (Å²) in [6.07, 6.45) is 0. The number of hydrogen-bond donors (Lipinski definition) is 1. The van der Waals surface area contributed by atoms with E-state index < -0.39 is 0 Å². The summed E-state index contributed by atoms with van der Waals surface area (Å²) in [5.41, 5.74) is 0. The molecular formula is C12H24ClN3O. The molecule has 1 unspecified atom stereocenters. The van der Waals surface area contributed by atoms with Crippen LogP contribution in [0.2, 0.25) is 0 Å². The molecule has 0 spiro atoms. The maximum Gasteiger partial charge on any atom is 0.234 e. The van der Waals surface area contributed by atoms with Crippen molar-refractivity contribution < 1.29 is 4.79 Å². The number of nitrogens with zero attached hydrogens (tertiary/aromatic N) is 2. The van der Waals surface area contributed by atoms with Crippen molar-refractivity contribution in [1.82, 2.24) is 15.1 Å². The van der Waals surface area contributed by atoms with Crippen LogP contribution in [0, 0.1) is 5.92 Å². The number of alkyl halides is 1. The Labute approximate surface area is 109 Å². The first-order valence-corrected chi connectivity index (χ1v) is 6.83. The van der Waals surface area contributed by atoms with Crippen LogP contribution in [-0.2, 0) is 4.79 Å². The van der Waals surface area contributed by atoms with Gasteiger partial charge in [-0.3, -0.25) is 9.69 Å². The Balaban J connectivity index is 2.45. The second-order valence-corrected chi connectivity index (χ2v) is 5.36. The van der Waals surface area contributed by atoms with Crippen molar-refractivity contribution in [2.24, 2.45) is 5.92 Å². The van der Waals surface area contributed by atoms with Crippen LogP contribution in [-0.4, -0.2) is 67.4 Å². The van der Waals surface area contributed by atoms with E-state index in [0.29, 0.717) is 18.5 Å². The van der Waals surface area contributed by atoms with Crippen LogP contribution in [0.3, 0.4) is 0 Å². The number of nitrogens with one attached hydrogen (secondary N) is 1. The van der Waals surface area contributed by atoms with Crippen molar-refractivity contribution in [2.75, 3.05) is 45.7 Å². The van der Waals surface area contributed by atoms with Gasteiger partial charge in [-0.05, 0) is 13.0 Å². The van der Waals surface area contributed by atoms with E-state index in [2.05, 4.69) is 36.0 Å². The summed E-state index contributed by atoms with van der Waals surface area (Å²) >= 11 is 5.49. The number of carbonyl (C=O) groups excluding carboxylic acids is 1. The SMILES string of the molecule is CC(C)C(CNC(=O)CCl)N1CCN(C)CC1. The van der Waals surface area contributed by atoms with Crippen LogP contribution in [0.15, 0.2) is 0 Å². The lowest BCUT2D eigenvalue weighted by atomic mass is 10.0. The normalized spacial score (nSPS) is 20.5. The van der Waals surface area contributed by atoms with Gasteiger partial charge in [0, 0.05) is 38.8 Å². The highest BCUT2D eigenvalue weighted by atomic mass is 35.5. The Morgan fingerprint density at radius 3 is 2.35 bits per heavy atom. The third-order valence-electron chi connectivity index (χ3n) is 3.41. The largest absolute Gasteiger partial charge is 0.353 e. The molecule has 1 atom stereocenters. The van der Waals surface area contributed by atoms with Gasteiger partial charge in [0.1, 0.15) is 5.88 Å². The fraction of sp³-hybridized carbons (Fsp3) is 0.917. The van der Waals surface area contributed by atoms with E-state index in [4.69, 9.17) is 11.6 Å². The fourth-order valence-corrected chi connectivity index (χ4v) is 2.30. The lowest BCUT2D eigenvalue weighted by Crippen LogP contribution is -2.54. The smallest absolute Gasteiger partial charge is 0.234 e. The Morgan fingerprint density at radius 2 is 1.88 bits per heavy atom. The predicted octanol–water partition coefficient (Wildman–Crippen LogP) is 0.613. The minimum absolute atomic E-state index is 0.0492. The number of halogens is 1. The number of carbonyl (C=O) groups is 1. The van der Waals surface area contributed by atoms with Gasteiger partial charge in [0.25, 0.3) is 0 Å². The van der Waals surface area contributed by atoms with Gasteiger partial charge in [0.2, 0.25) is 5.91 Å². The third kappa shape index (κ3) is 4.82. The van der Waals surface area contributed by atoms with Gasteiger partial charge in [-0.1, -0.05) is 13.8 Å². The topological polar surface area (TPSA) is 35.6 Å². The molecular weight excluding hydrogens is 238 g/mol. The standard InChI is InChI=1S/C12H24ClN3O/c1-10(2)11(9-14-12(17)8-13)16-6-4-15(3)5-7-16/h10-11H,4-9H2,1-3H3,(H,14,17). The second-order valence-electron chi connectivity index (χ2n) is 5.09. The van der Waals surface area contributed by atoms with E-state index in [1.54, 1.807) is 0 Å². The van der Waals surface area contributed by atoms with E-state index in [1.807, 2.05) is 0 Å². The summed E-state index contributed by atoms with van der Waals surface area (Å²) in [7, 11) is 2.15. The molecule has 17 heavy (non-hydrogen) atoms. The van der Waals surface area contributed by atoms with E-state index in [1.165, 1.54) is 0 Å². The van der Waals surface area contributed by atoms with Gasteiger partial charge in [0.05, 0.1) is 0 Å². The van der Waals surface area contributed by atoms with Crippen molar-refractivity contribution in [3.05, 3.63) is 0 Å². The van der Waals surface area contributed by atoms with E-state index in [-0.39, 0.29) is 11.8 Å². The molecule has 100 valence electrons. The van der Waals surface area contributed by atoms with Crippen molar-refractivity contribution in [3.63, 3.8) is 0 Å². The molecule has 1 fully saturated rings. The van der Waals surface area contributed by atoms with Gasteiger partial charge in [-0.25, -0.2) is 0 Å². The molecule has 1 heterocycles. The zero-order valence-electron chi connectivity index (χ0n) is 11.1. The van der Waals surface area contributed by atoms with Crippen molar-refractivity contribution in [2.45, 2.75) is 19.9 Å². The molecule has 1 rings (SSSR count). The van der Waals surface area contributed by atoms with Crippen LogP contribution < -0.4 is 5.32 Å². The first kappa shape index (κ1) is 14.7. The highest BCUT2D eigenvalue weighted by molar-refractivity contribution is 6.27. The van der Waals surface area contributed by atoms with E-state index >= 15 is 0 Å². The van der Waals surface area contributed by atoms with E-state index in [9.17, 15) is 4.79 Å².